The molecule has 22 heavy (non-hydrogen) atoms. The van der Waals surface area contributed by atoms with Crippen molar-refractivity contribution in [3.8, 4) is 0 Å². The lowest BCUT2D eigenvalue weighted by molar-refractivity contribution is -0.128. The molecule has 0 bridgehead atoms. The second-order valence-electron chi connectivity index (χ2n) is 5.81. The summed E-state index contributed by atoms with van der Waals surface area (Å²) < 4.78 is 39.0. The summed E-state index contributed by atoms with van der Waals surface area (Å²) in [5.74, 6) is -5.01. The van der Waals surface area contributed by atoms with E-state index in [9.17, 15) is 22.8 Å². The first-order valence-electron chi connectivity index (χ1n) is 7.18. The molecule has 4 nitrogen and oxygen atoms in total. The number of benzene rings is 1. The van der Waals surface area contributed by atoms with Gasteiger partial charge in [0.05, 0.1) is 0 Å². The van der Waals surface area contributed by atoms with Crippen LogP contribution < -0.4 is 5.32 Å². The van der Waals surface area contributed by atoms with Gasteiger partial charge in [-0.2, -0.15) is 0 Å². The number of carbonyl (C=O) groups is 2. The molecule has 1 saturated heterocycles. The van der Waals surface area contributed by atoms with Gasteiger partial charge in [-0.25, -0.2) is 13.2 Å². The molecule has 0 radical (unpaired) electrons. The molecule has 1 N–H and O–H groups in total. The highest BCUT2D eigenvalue weighted by Crippen LogP contribution is 2.32. The number of hydrogen-bond acceptors (Lipinski definition) is 2. The van der Waals surface area contributed by atoms with E-state index in [-0.39, 0.29) is 23.9 Å². The maximum Gasteiger partial charge on any atom is 0.251 e. The van der Waals surface area contributed by atoms with E-state index in [4.69, 9.17) is 0 Å². The third-order valence-corrected chi connectivity index (χ3v) is 4.02. The van der Waals surface area contributed by atoms with Gasteiger partial charge in [0.25, 0.3) is 5.91 Å². The second-order valence-corrected chi connectivity index (χ2v) is 5.81. The lowest BCUT2D eigenvalue weighted by Gasteiger charge is -2.15. The molecule has 3 rings (SSSR count). The Kier molecular flexibility index (Phi) is 3.80. The first-order chi connectivity index (χ1) is 10.5. The number of nitrogens with one attached hydrogen (secondary N) is 1. The van der Waals surface area contributed by atoms with Gasteiger partial charge >= 0.3 is 0 Å². The fourth-order valence-electron chi connectivity index (χ4n) is 2.71. The zero-order valence-electron chi connectivity index (χ0n) is 11.7. The number of halogens is 3. The maximum absolute atomic E-state index is 13.1. The quantitative estimate of drug-likeness (QED) is 0.863. The number of amides is 2. The van der Waals surface area contributed by atoms with Gasteiger partial charge < -0.3 is 10.2 Å². The predicted octanol–water partition coefficient (Wildman–Crippen LogP) is 1.84. The van der Waals surface area contributed by atoms with Gasteiger partial charge in [-0.05, 0) is 25.0 Å². The van der Waals surface area contributed by atoms with Crippen LogP contribution in [0.15, 0.2) is 12.1 Å². The minimum Gasteiger partial charge on any atom is -0.352 e. The van der Waals surface area contributed by atoms with Crippen molar-refractivity contribution in [3.63, 3.8) is 0 Å². The first-order valence-corrected chi connectivity index (χ1v) is 7.18. The van der Waals surface area contributed by atoms with Crippen LogP contribution in [0.25, 0.3) is 0 Å². The topological polar surface area (TPSA) is 49.4 Å². The number of hydrogen-bond donors (Lipinski definition) is 1. The minimum atomic E-state index is -1.60. The van der Waals surface area contributed by atoms with Crippen molar-refractivity contribution in [3.05, 3.63) is 35.1 Å². The summed E-state index contributed by atoms with van der Waals surface area (Å²) in [5, 5.41) is 2.54. The molecule has 1 unspecified atom stereocenters. The van der Waals surface area contributed by atoms with Crippen molar-refractivity contribution in [1.29, 1.82) is 0 Å². The van der Waals surface area contributed by atoms with Crippen molar-refractivity contribution >= 4 is 11.8 Å². The lowest BCUT2D eigenvalue weighted by atomic mass is 10.1. The number of carbonyl (C=O) groups excluding carboxylic acids is 2. The Morgan fingerprint density at radius 3 is 2.45 bits per heavy atom. The summed E-state index contributed by atoms with van der Waals surface area (Å²) in [4.78, 5) is 25.5. The van der Waals surface area contributed by atoms with Gasteiger partial charge in [-0.15, -0.1) is 0 Å². The summed E-state index contributed by atoms with van der Waals surface area (Å²) in [6.07, 6.45) is 2.42. The Hall–Kier alpha value is -2.05. The molecule has 2 fully saturated rings. The molecule has 0 aromatic heterocycles. The highest BCUT2D eigenvalue weighted by atomic mass is 19.2. The standard InChI is InChI=1S/C15H15F3N2O2/c16-11-4-9(5-12(17)14(11)18)15(22)19-6-8-3-13(21)20(7-8)10-1-2-10/h4-5,8,10H,1-3,6-7H2,(H,19,22). The van der Waals surface area contributed by atoms with Crippen LogP contribution in [0.3, 0.4) is 0 Å². The normalized spacial score (nSPS) is 21.3. The van der Waals surface area contributed by atoms with Crippen molar-refractivity contribution in [2.45, 2.75) is 25.3 Å². The third-order valence-electron chi connectivity index (χ3n) is 4.02. The van der Waals surface area contributed by atoms with E-state index in [1.165, 1.54) is 0 Å². The Bertz CT molecular complexity index is 608. The highest BCUT2D eigenvalue weighted by Gasteiger charge is 2.39. The van der Waals surface area contributed by atoms with Crippen molar-refractivity contribution in [1.82, 2.24) is 10.2 Å². The Morgan fingerprint density at radius 1 is 1.23 bits per heavy atom. The van der Waals surface area contributed by atoms with Crippen LogP contribution in [0.5, 0.6) is 0 Å². The highest BCUT2D eigenvalue weighted by molar-refractivity contribution is 5.94. The van der Waals surface area contributed by atoms with Crippen molar-refractivity contribution in [2.75, 3.05) is 13.1 Å². The van der Waals surface area contributed by atoms with E-state index in [0.29, 0.717) is 31.1 Å². The SMILES string of the molecule is O=C(NCC1CC(=O)N(C2CC2)C1)c1cc(F)c(F)c(F)c1. The Balaban J connectivity index is 1.57. The number of rotatable bonds is 4. The van der Waals surface area contributed by atoms with Crippen LogP contribution in [0.4, 0.5) is 13.2 Å². The van der Waals surface area contributed by atoms with E-state index in [2.05, 4.69) is 5.32 Å². The molecule has 1 heterocycles. The van der Waals surface area contributed by atoms with Gasteiger partial charge in [0.2, 0.25) is 5.91 Å². The monoisotopic (exact) mass is 312 g/mol. The second kappa shape index (κ2) is 5.62. The molecule has 1 aromatic carbocycles. The van der Waals surface area contributed by atoms with E-state index < -0.39 is 23.4 Å². The zero-order valence-corrected chi connectivity index (χ0v) is 11.7. The maximum atomic E-state index is 13.1. The molecule has 118 valence electrons. The van der Waals surface area contributed by atoms with E-state index in [0.717, 1.165) is 12.8 Å². The molecule has 7 heteroatoms. The zero-order chi connectivity index (χ0) is 15.9. The molecule has 1 atom stereocenters. The van der Waals surface area contributed by atoms with E-state index >= 15 is 0 Å². The van der Waals surface area contributed by atoms with Gasteiger partial charge in [-0.3, -0.25) is 9.59 Å². The van der Waals surface area contributed by atoms with Crippen molar-refractivity contribution < 1.29 is 22.8 Å². The van der Waals surface area contributed by atoms with Gasteiger partial charge in [-0.1, -0.05) is 0 Å². The molecule has 1 aliphatic carbocycles. The third kappa shape index (κ3) is 2.93. The van der Waals surface area contributed by atoms with Crippen LogP contribution in [-0.4, -0.2) is 35.8 Å². The van der Waals surface area contributed by atoms with Crippen molar-refractivity contribution in [2.24, 2.45) is 5.92 Å². The van der Waals surface area contributed by atoms with Gasteiger partial charge in [0.15, 0.2) is 17.5 Å². The van der Waals surface area contributed by atoms with Crippen LogP contribution in [0.1, 0.15) is 29.6 Å². The predicted molar refractivity (Wildman–Crippen MR) is 71.5 cm³/mol. The fraction of sp³-hybridized carbons (Fsp3) is 0.467. The average Bonchev–Trinajstić information content (AvgIpc) is 3.25. The van der Waals surface area contributed by atoms with E-state index in [1.807, 2.05) is 4.90 Å². The average molecular weight is 312 g/mol. The molecule has 1 aromatic rings. The molecule has 1 saturated carbocycles. The molecular weight excluding hydrogens is 297 g/mol. The number of likely N-dealkylation sites (tertiary alicyclic amines) is 1. The van der Waals surface area contributed by atoms with Gasteiger partial charge in [0.1, 0.15) is 0 Å². The summed E-state index contributed by atoms with van der Waals surface area (Å²) in [6, 6.07) is 1.65. The Morgan fingerprint density at radius 2 is 1.86 bits per heavy atom. The number of nitrogens with zero attached hydrogens (tertiary/aromatic N) is 1. The smallest absolute Gasteiger partial charge is 0.251 e. The van der Waals surface area contributed by atoms with Crippen LogP contribution in [0, 0.1) is 23.4 Å². The van der Waals surface area contributed by atoms with Crippen LogP contribution in [0.2, 0.25) is 0 Å². The first kappa shape index (κ1) is 14.9. The molecule has 2 aliphatic rings. The summed E-state index contributed by atoms with van der Waals surface area (Å²) in [7, 11) is 0. The summed E-state index contributed by atoms with van der Waals surface area (Å²) in [5.41, 5.74) is -0.278. The van der Waals surface area contributed by atoms with Crippen LogP contribution >= 0.6 is 0 Å². The van der Waals surface area contributed by atoms with Crippen LogP contribution in [-0.2, 0) is 4.79 Å². The molecular formula is C15H15F3N2O2. The molecule has 1 aliphatic heterocycles. The lowest BCUT2D eigenvalue weighted by Crippen LogP contribution is -2.32. The largest absolute Gasteiger partial charge is 0.352 e. The van der Waals surface area contributed by atoms with E-state index in [1.54, 1.807) is 0 Å². The Labute approximate surface area is 125 Å². The minimum absolute atomic E-state index is 0.00723. The summed E-state index contributed by atoms with van der Waals surface area (Å²) >= 11 is 0. The van der Waals surface area contributed by atoms with Gasteiger partial charge in [0, 0.05) is 37.0 Å². The summed E-state index contributed by atoms with van der Waals surface area (Å²) in [6.45, 7) is 0.838. The molecule has 2 amide bonds. The fourth-order valence-corrected chi connectivity index (χ4v) is 2.71. The molecule has 0 spiro atoms.